The zero-order valence-corrected chi connectivity index (χ0v) is 10.6. The molecule has 3 aliphatic rings. The zero-order valence-electron chi connectivity index (χ0n) is 9.76. The summed E-state index contributed by atoms with van der Waals surface area (Å²) < 4.78 is 23.0. The third-order valence-corrected chi connectivity index (χ3v) is 5.70. The average molecular weight is 258 g/mol. The van der Waals surface area contributed by atoms with Crippen molar-refractivity contribution in [1.29, 1.82) is 0 Å². The van der Waals surface area contributed by atoms with Crippen molar-refractivity contribution in [2.75, 3.05) is 11.5 Å². The van der Waals surface area contributed by atoms with Gasteiger partial charge in [0.1, 0.15) is 6.04 Å². The van der Waals surface area contributed by atoms with E-state index < -0.39 is 9.84 Å². The molecular weight excluding hydrogens is 240 g/mol. The van der Waals surface area contributed by atoms with Gasteiger partial charge >= 0.3 is 0 Å². The minimum absolute atomic E-state index is 0.0490. The van der Waals surface area contributed by atoms with E-state index in [0.29, 0.717) is 12.3 Å². The summed E-state index contributed by atoms with van der Waals surface area (Å²) in [7, 11) is -2.94. The molecule has 2 aliphatic heterocycles. The number of carbonyl (C=O) groups is 1. The number of rotatable bonds is 3. The van der Waals surface area contributed by atoms with Gasteiger partial charge in [-0.25, -0.2) is 13.8 Å². The third-order valence-electron chi connectivity index (χ3n) is 3.90. The molecule has 2 atom stereocenters. The summed E-state index contributed by atoms with van der Waals surface area (Å²) in [4.78, 5) is 11.9. The number of hydrazine groups is 1. The lowest BCUT2D eigenvalue weighted by atomic mass is 10.0. The summed E-state index contributed by atoms with van der Waals surface area (Å²) >= 11 is 0. The predicted molar refractivity (Wildman–Crippen MR) is 62.8 cm³/mol. The first-order valence-corrected chi connectivity index (χ1v) is 8.17. The molecule has 0 spiro atoms. The van der Waals surface area contributed by atoms with E-state index in [9.17, 15) is 13.2 Å². The molecule has 2 unspecified atom stereocenters. The number of nitrogens with one attached hydrogen (secondary N) is 1. The van der Waals surface area contributed by atoms with Crippen LogP contribution in [0, 0.1) is 5.92 Å². The Bertz CT molecular complexity index is 430. The fourth-order valence-corrected chi connectivity index (χ4v) is 4.39. The topological polar surface area (TPSA) is 66.5 Å². The van der Waals surface area contributed by atoms with E-state index in [0.717, 1.165) is 12.8 Å². The van der Waals surface area contributed by atoms with E-state index in [-0.39, 0.29) is 29.5 Å². The van der Waals surface area contributed by atoms with E-state index in [4.69, 9.17) is 0 Å². The molecule has 1 amide bonds. The van der Waals surface area contributed by atoms with Crippen LogP contribution >= 0.6 is 0 Å². The lowest BCUT2D eigenvalue weighted by Crippen LogP contribution is -2.71. The van der Waals surface area contributed by atoms with E-state index in [1.807, 2.05) is 0 Å². The van der Waals surface area contributed by atoms with Crippen molar-refractivity contribution >= 4 is 15.7 Å². The van der Waals surface area contributed by atoms with E-state index in [1.54, 1.807) is 5.01 Å². The number of hydrogen-bond donors (Lipinski definition) is 1. The van der Waals surface area contributed by atoms with Crippen LogP contribution in [0.15, 0.2) is 0 Å². The molecule has 2 heterocycles. The summed E-state index contributed by atoms with van der Waals surface area (Å²) in [6.45, 7) is 0. The Morgan fingerprint density at radius 2 is 2.06 bits per heavy atom. The lowest BCUT2D eigenvalue weighted by molar-refractivity contribution is -0.157. The van der Waals surface area contributed by atoms with Crippen LogP contribution in [-0.2, 0) is 14.6 Å². The molecule has 5 nitrogen and oxygen atoms in total. The minimum atomic E-state index is -2.94. The Morgan fingerprint density at radius 1 is 1.29 bits per heavy atom. The maximum atomic E-state index is 11.9. The zero-order chi connectivity index (χ0) is 12.0. The number of hydrogen-bond acceptors (Lipinski definition) is 4. The molecule has 0 bridgehead atoms. The summed E-state index contributed by atoms with van der Waals surface area (Å²) in [5.74, 6) is 1.21. The number of nitrogens with zero attached hydrogens (tertiary/aromatic N) is 1. The van der Waals surface area contributed by atoms with Gasteiger partial charge in [-0.3, -0.25) is 9.80 Å². The molecule has 1 saturated carbocycles. The first-order valence-electron chi connectivity index (χ1n) is 6.35. The first kappa shape index (κ1) is 11.5. The number of amides is 1. The Hall–Kier alpha value is -0.620. The van der Waals surface area contributed by atoms with E-state index in [2.05, 4.69) is 5.43 Å². The quantitative estimate of drug-likeness (QED) is 0.778. The highest BCUT2D eigenvalue weighted by atomic mass is 32.2. The number of carbonyl (C=O) groups excluding carboxylic acids is 1. The maximum Gasteiger partial charge on any atom is 0.255 e. The largest absolute Gasteiger partial charge is 0.272 e. The van der Waals surface area contributed by atoms with Crippen molar-refractivity contribution in [3.8, 4) is 0 Å². The standard InChI is InChI=1S/C11H18N2O3S/c14-11-10(6-8-3-4-8)12-13(11)9-2-1-5-17(15,16)7-9/h8-10,12H,1-7H2. The van der Waals surface area contributed by atoms with Crippen molar-refractivity contribution in [1.82, 2.24) is 10.4 Å². The van der Waals surface area contributed by atoms with E-state index in [1.165, 1.54) is 12.8 Å². The highest BCUT2D eigenvalue weighted by Crippen LogP contribution is 2.35. The fourth-order valence-electron chi connectivity index (χ4n) is 2.72. The second-order valence-electron chi connectivity index (χ2n) is 5.48. The molecule has 1 aliphatic carbocycles. The minimum Gasteiger partial charge on any atom is -0.272 e. The summed E-state index contributed by atoms with van der Waals surface area (Å²) in [5.41, 5.74) is 3.13. The van der Waals surface area contributed by atoms with Crippen LogP contribution in [0.1, 0.15) is 32.1 Å². The molecule has 0 aromatic heterocycles. The molecule has 1 N–H and O–H groups in total. The molecule has 0 aromatic carbocycles. The van der Waals surface area contributed by atoms with Gasteiger partial charge in [-0.15, -0.1) is 0 Å². The van der Waals surface area contributed by atoms with Gasteiger partial charge in [0.05, 0.1) is 17.5 Å². The molecular formula is C11H18N2O3S. The molecule has 3 rings (SSSR count). The molecule has 6 heteroatoms. The Morgan fingerprint density at radius 3 is 2.65 bits per heavy atom. The summed E-state index contributed by atoms with van der Waals surface area (Å²) in [5, 5.41) is 1.56. The van der Waals surface area contributed by atoms with Crippen LogP contribution in [-0.4, -0.2) is 42.9 Å². The van der Waals surface area contributed by atoms with Crippen molar-refractivity contribution < 1.29 is 13.2 Å². The van der Waals surface area contributed by atoms with Gasteiger partial charge in [0.15, 0.2) is 9.84 Å². The number of sulfone groups is 1. The normalized spacial score (nSPS) is 36.7. The summed E-state index contributed by atoms with van der Waals surface area (Å²) in [6, 6.07) is -0.191. The Balaban J connectivity index is 1.57. The van der Waals surface area contributed by atoms with Crippen molar-refractivity contribution in [2.24, 2.45) is 5.92 Å². The average Bonchev–Trinajstić information content (AvgIpc) is 3.05. The smallest absolute Gasteiger partial charge is 0.255 e. The molecule has 3 fully saturated rings. The van der Waals surface area contributed by atoms with Gasteiger partial charge in [-0.2, -0.15) is 0 Å². The van der Waals surface area contributed by atoms with Crippen LogP contribution in [0.25, 0.3) is 0 Å². The van der Waals surface area contributed by atoms with Crippen LogP contribution in [0.3, 0.4) is 0 Å². The van der Waals surface area contributed by atoms with E-state index >= 15 is 0 Å². The Kier molecular flexibility index (Phi) is 2.66. The van der Waals surface area contributed by atoms with Gasteiger partial charge in [0.2, 0.25) is 0 Å². The second-order valence-corrected chi connectivity index (χ2v) is 7.71. The summed E-state index contributed by atoms with van der Waals surface area (Å²) in [6.07, 6.45) is 4.88. The maximum absolute atomic E-state index is 11.9. The third kappa shape index (κ3) is 2.33. The monoisotopic (exact) mass is 258 g/mol. The lowest BCUT2D eigenvalue weighted by Gasteiger charge is -2.45. The van der Waals surface area contributed by atoms with Crippen molar-refractivity contribution in [2.45, 2.75) is 44.2 Å². The van der Waals surface area contributed by atoms with Crippen LogP contribution in [0.5, 0.6) is 0 Å². The Labute approximate surface area is 101 Å². The van der Waals surface area contributed by atoms with Crippen molar-refractivity contribution in [3.05, 3.63) is 0 Å². The van der Waals surface area contributed by atoms with Crippen LogP contribution in [0.2, 0.25) is 0 Å². The first-order chi connectivity index (χ1) is 8.05. The molecule has 0 radical (unpaired) electrons. The van der Waals surface area contributed by atoms with Gasteiger partial charge in [-0.05, 0) is 25.2 Å². The molecule has 96 valence electrons. The van der Waals surface area contributed by atoms with Gasteiger partial charge in [-0.1, -0.05) is 12.8 Å². The van der Waals surface area contributed by atoms with Crippen molar-refractivity contribution in [3.63, 3.8) is 0 Å². The van der Waals surface area contributed by atoms with Gasteiger partial charge < -0.3 is 0 Å². The molecule has 2 saturated heterocycles. The second kappa shape index (κ2) is 3.95. The SMILES string of the molecule is O=C1C(CC2CC2)NN1C1CCCS(=O)(=O)C1. The van der Waals surface area contributed by atoms with Crippen LogP contribution < -0.4 is 5.43 Å². The highest BCUT2D eigenvalue weighted by Gasteiger charge is 2.44. The highest BCUT2D eigenvalue weighted by molar-refractivity contribution is 7.91. The van der Waals surface area contributed by atoms with Crippen LogP contribution in [0.4, 0.5) is 0 Å². The molecule has 17 heavy (non-hydrogen) atoms. The van der Waals surface area contributed by atoms with Gasteiger partial charge in [0, 0.05) is 0 Å². The molecule has 0 aromatic rings. The predicted octanol–water partition coefficient (Wildman–Crippen LogP) is 0.0791. The fraction of sp³-hybridized carbons (Fsp3) is 0.909. The van der Waals surface area contributed by atoms with Gasteiger partial charge in [0.25, 0.3) is 5.91 Å².